The fraction of sp³-hybridized carbons (Fsp3) is 0.412. The van der Waals surface area contributed by atoms with E-state index in [1.165, 1.54) is 20.2 Å². The molecule has 1 N–H and O–H groups in total. The highest BCUT2D eigenvalue weighted by Crippen LogP contribution is 2.33. The Labute approximate surface area is 147 Å². The van der Waals surface area contributed by atoms with E-state index in [0.717, 1.165) is 15.6 Å². The van der Waals surface area contributed by atoms with Crippen LogP contribution in [0.15, 0.2) is 45.9 Å². The summed E-state index contributed by atoms with van der Waals surface area (Å²) in [5, 5.41) is 3.32. The minimum absolute atomic E-state index is 0.0648. The number of rotatable bonds is 6. The number of ether oxygens (including phenoxy) is 2. The van der Waals surface area contributed by atoms with Crippen molar-refractivity contribution < 1.29 is 22.3 Å². The van der Waals surface area contributed by atoms with Gasteiger partial charge in [-0.3, -0.25) is 0 Å². The van der Waals surface area contributed by atoms with Crippen LogP contribution in [-0.2, 0) is 21.3 Å². The molecule has 1 aromatic heterocycles. The Morgan fingerprint density at radius 3 is 2.72 bits per heavy atom. The summed E-state index contributed by atoms with van der Waals surface area (Å²) < 4.78 is 42.0. The average molecular weight is 366 g/mol. The van der Waals surface area contributed by atoms with E-state index >= 15 is 0 Å². The van der Waals surface area contributed by atoms with Crippen LogP contribution >= 0.6 is 0 Å². The molecule has 2 aromatic rings. The van der Waals surface area contributed by atoms with E-state index in [-0.39, 0.29) is 17.2 Å². The van der Waals surface area contributed by atoms with Gasteiger partial charge in [0.25, 0.3) is 10.0 Å². The zero-order valence-corrected chi connectivity index (χ0v) is 15.2. The second-order valence-corrected chi connectivity index (χ2v) is 8.07. The first kappa shape index (κ1) is 17.9. The van der Waals surface area contributed by atoms with E-state index in [0.29, 0.717) is 18.9 Å². The standard InChI is InChI=1S/C17H22N2O5S/c1-19(2)25(20,21)16-9-8-12(24-16)10-18-17-13-6-4-5-7-14(13)23-11-15(17)22-3/h4-9,15,17-18H,10-11H2,1-3H3. The van der Waals surface area contributed by atoms with Crippen molar-refractivity contribution in [2.45, 2.75) is 23.8 Å². The van der Waals surface area contributed by atoms with Crippen LogP contribution < -0.4 is 10.1 Å². The third kappa shape index (κ3) is 3.57. The SMILES string of the molecule is COC1COc2ccccc2C1NCc1ccc(S(=O)(=O)N(C)C)o1. The molecule has 8 heteroatoms. The second-order valence-electron chi connectivity index (χ2n) is 5.99. The molecular weight excluding hydrogens is 344 g/mol. The Bertz CT molecular complexity index is 831. The van der Waals surface area contributed by atoms with Crippen LogP contribution in [0.4, 0.5) is 0 Å². The first-order valence-corrected chi connectivity index (χ1v) is 9.36. The summed E-state index contributed by atoms with van der Waals surface area (Å²) in [5.74, 6) is 1.36. The molecular formula is C17H22N2O5S. The number of hydrogen-bond acceptors (Lipinski definition) is 6. The number of nitrogens with one attached hydrogen (secondary N) is 1. The maximum atomic E-state index is 12.1. The van der Waals surface area contributed by atoms with Gasteiger partial charge in [0.1, 0.15) is 24.2 Å². The lowest BCUT2D eigenvalue weighted by atomic mass is 9.98. The second kappa shape index (κ2) is 7.17. The van der Waals surface area contributed by atoms with Gasteiger partial charge in [0, 0.05) is 26.8 Å². The number of fused-ring (bicyclic) bond motifs is 1. The summed E-state index contributed by atoms with van der Waals surface area (Å²) in [7, 11) is 1.02. The zero-order chi connectivity index (χ0) is 18.0. The molecule has 136 valence electrons. The lowest BCUT2D eigenvalue weighted by Crippen LogP contribution is -2.40. The molecule has 2 unspecified atom stereocenters. The van der Waals surface area contributed by atoms with E-state index in [4.69, 9.17) is 13.9 Å². The number of methoxy groups -OCH3 is 1. The van der Waals surface area contributed by atoms with Gasteiger partial charge in [0.05, 0.1) is 12.6 Å². The Morgan fingerprint density at radius 1 is 1.24 bits per heavy atom. The van der Waals surface area contributed by atoms with Gasteiger partial charge in [0.2, 0.25) is 5.09 Å². The summed E-state index contributed by atoms with van der Waals surface area (Å²) in [4.78, 5) is 0. The molecule has 0 fully saturated rings. The largest absolute Gasteiger partial charge is 0.490 e. The van der Waals surface area contributed by atoms with Crippen molar-refractivity contribution in [3.63, 3.8) is 0 Å². The van der Waals surface area contributed by atoms with Crippen LogP contribution in [-0.4, -0.2) is 46.6 Å². The van der Waals surface area contributed by atoms with Crippen LogP contribution in [0.1, 0.15) is 17.4 Å². The molecule has 2 heterocycles. The summed E-state index contributed by atoms with van der Waals surface area (Å²) in [6.07, 6.45) is -0.144. The zero-order valence-electron chi connectivity index (χ0n) is 14.4. The van der Waals surface area contributed by atoms with Crippen LogP contribution in [0.2, 0.25) is 0 Å². The quantitative estimate of drug-likeness (QED) is 0.839. The minimum Gasteiger partial charge on any atom is -0.490 e. The molecule has 0 radical (unpaired) electrons. The molecule has 0 spiro atoms. The Kier molecular flexibility index (Phi) is 5.14. The maximum Gasteiger partial charge on any atom is 0.275 e. The lowest BCUT2D eigenvalue weighted by molar-refractivity contribution is 0.0145. The maximum absolute atomic E-state index is 12.1. The normalized spacial score (nSPS) is 20.3. The van der Waals surface area contributed by atoms with Crippen LogP contribution in [0.5, 0.6) is 5.75 Å². The highest BCUT2D eigenvalue weighted by Gasteiger charge is 2.31. The van der Waals surface area contributed by atoms with Crippen LogP contribution in [0.25, 0.3) is 0 Å². The summed E-state index contributed by atoms with van der Waals surface area (Å²) in [6, 6.07) is 10.8. The Balaban J connectivity index is 1.76. The van der Waals surface area contributed by atoms with Crippen molar-refractivity contribution in [3.05, 3.63) is 47.7 Å². The van der Waals surface area contributed by atoms with Gasteiger partial charge >= 0.3 is 0 Å². The molecule has 1 aliphatic rings. The van der Waals surface area contributed by atoms with E-state index in [1.54, 1.807) is 13.2 Å². The summed E-state index contributed by atoms with van der Waals surface area (Å²) >= 11 is 0. The fourth-order valence-corrected chi connectivity index (χ4v) is 3.58. The molecule has 3 rings (SSSR count). The lowest BCUT2D eigenvalue weighted by Gasteiger charge is -2.33. The summed E-state index contributed by atoms with van der Waals surface area (Å²) in [5.41, 5.74) is 1.01. The fourth-order valence-electron chi connectivity index (χ4n) is 2.77. The van der Waals surface area contributed by atoms with Crippen molar-refractivity contribution in [3.8, 4) is 5.75 Å². The number of hydrogen-bond donors (Lipinski definition) is 1. The molecule has 1 aliphatic heterocycles. The van der Waals surface area contributed by atoms with Crippen molar-refractivity contribution in [2.75, 3.05) is 27.8 Å². The van der Waals surface area contributed by atoms with E-state index in [2.05, 4.69) is 5.32 Å². The van der Waals surface area contributed by atoms with Gasteiger partial charge < -0.3 is 19.2 Å². The first-order chi connectivity index (χ1) is 11.9. The first-order valence-electron chi connectivity index (χ1n) is 7.92. The van der Waals surface area contributed by atoms with Gasteiger partial charge in [-0.1, -0.05) is 18.2 Å². The molecule has 0 saturated carbocycles. The van der Waals surface area contributed by atoms with Gasteiger partial charge in [-0.15, -0.1) is 0 Å². The monoisotopic (exact) mass is 366 g/mol. The topological polar surface area (TPSA) is 81.0 Å². The van der Waals surface area contributed by atoms with Crippen molar-refractivity contribution >= 4 is 10.0 Å². The number of benzene rings is 1. The molecule has 25 heavy (non-hydrogen) atoms. The van der Waals surface area contributed by atoms with Crippen LogP contribution in [0.3, 0.4) is 0 Å². The van der Waals surface area contributed by atoms with Gasteiger partial charge in [-0.2, -0.15) is 0 Å². The van der Waals surface area contributed by atoms with Crippen molar-refractivity contribution in [2.24, 2.45) is 0 Å². The minimum atomic E-state index is -3.57. The Hall–Kier alpha value is -1.87. The van der Waals surface area contributed by atoms with Gasteiger partial charge in [-0.05, 0) is 18.2 Å². The number of para-hydroxylation sites is 1. The molecule has 2 atom stereocenters. The molecule has 0 amide bonds. The Morgan fingerprint density at radius 2 is 2.00 bits per heavy atom. The third-order valence-corrected chi connectivity index (χ3v) is 5.89. The predicted molar refractivity (Wildman–Crippen MR) is 91.9 cm³/mol. The molecule has 0 bridgehead atoms. The highest BCUT2D eigenvalue weighted by atomic mass is 32.2. The smallest absolute Gasteiger partial charge is 0.275 e. The predicted octanol–water partition coefficient (Wildman–Crippen LogP) is 1.77. The van der Waals surface area contributed by atoms with Gasteiger partial charge in [-0.25, -0.2) is 12.7 Å². The van der Waals surface area contributed by atoms with E-state index in [9.17, 15) is 8.42 Å². The number of sulfonamides is 1. The average Bonchev–Trinajstić information content (AvgIpc) is 3.09. The number of nitrogens with zero attached hydrogens (tertiary/aromatic N) is 1. The van der Waals surface area contributed by atoms with Crippen LogP contribution in [0, 0.1) is 0 Å². The van der Waals surface area contributed by atoms with E-state index < -0.39 is 10.0 Å². The highest BCUT2D eigenvalue weighted by molar-refractivity contribution is 7.88. The number of furan rings is 1. The van der Waals surface area contributed by atoms with Crippen molar-refractivity contribution in [1.82, 2.24) is 9.62 Å². The van der Waals surface area contributed by atoms with Gasteiger partial charge in [0.15, 0.2) is 0 Å². The van der Waals surface area contributed by atoms with E-state index in [1.807, 2.05) is 24.3 Å². The molecule has 0 aliphatic carbocycles. The molecule has 0 saturated heterocycles. The summed E-state index contributed by atoms with van der Waals surface area (Å²) in [6.45, 7) is 0.825. The molecule has 1 aromatic carbocycles. The van der Waals surface area contributed by atoms with Crippen molar-refractivity contribution in [1.29, 1.82) is 0 Å². The molecule has 7 nitrogen and oxygen atoms in total. The third-order valence-electron chi connectivity index (χ3n) is 4.20.